The number of allylic oxidation sites excluding steroid dienone is 1. The van der Waals surface area contributed by atoms with Crippen molar-refractivity contribution in [3.8, 4) is 0 Å². The number of carbonyl (C=O) groups is 1. The number of aromatic nitrogens is 1. The van der Waals surface area contributed by atoms with Crippen LogP contribution in [-0.4, -0.2) is 25.9 Å². The zero-order valence-electron chi connectivity index (χ0n) is 14.3. The van der Waals surface area contributed by atoms with Gasteiger partial charge in [0.05, 0.1) is 0 Å². The van der Waals surface area contributed by atoms with Crippen LogP contribution >= 0.6 is 11.6 Å². The molecule has 0 radical (unpaired) electrons. The molecule has 0 amide bonds. The Morgan fingerprint density at radius 1 is 1.04 bits per heavy atom. The molecule has 0 bridgehead atoms. The number of hydrogen-bond donors (Lipinski definition) is 0. The van der Waals surface area contributed by atoms with Gasteiger partial charge < -0.3 is 0 Å². The van der Waals surface area contributed by atoms with Gasteiger partial charge in [0, 0.05) is 0 Å². The normalized spacial score (nSPS) is 12.2. The van der Waals surface area contributed by atoms with Crippen molar-refractivity contribution in [3.63, 3.8) is 0 Å². The standard InChI is InChI=1S/C22H18ClNOSe/c1-16(17-6-3-2-4-7-17)24-15-5-8-19(22(24)26)11-14-21(25)18-9-12-20(23)13-10-18/h2-16H,1H3/b14-11+. The first kappa shape index (κ1) is 18.6. The Morgan fingerprint density at radius 3 is 2.42 bits per heavy atom. The van der Waals surface area contributed by atoms with E-state index >= 15 is 0 Å². The van der Waals surface area contributed by atoms with Gasteiger partial charge >= 0.3 is 166 Å². The summed E-state index contributed by atoms with van der Waals surface area (Å²) < 4.78 is 3.16. The fourth-order valence-electron chi connectivity index (χ4n) is 2.73. The molecule has 3 aromatic rings. The average molecular weight is 427 g/mol. The molecule has 3 rings (SSSR count). The molecule has 2 nitrogen and oxygen atoms in total. The van der Waals surface area contributed by atoms with Gasteiger partial charge in [0.15, 0.2) is 0 Å². The van der Waals surface area contributed by atoms with Crippen molar-refractivity contribution in [3.05, 3.63) is 105 Å². The van der Waals surface area contributed by atoms with E-state index in [0.717, 1.165) is 9.76 Å². The molecule has 1 heterocycles. The van der Waals surface area contributed by atoms with Crippen LogP contribution in [0.4, 0.5) is 0 Å². The molecule has 0 aliphatic rings. The number of hydrogen-bond acceptors (Lipinski definition) is 1. The number of rotatable bonds is 5. The summed E-state index contributed by atoms with van der Waals surface area (Å²) in [5.74, 6) is -0.0485. The number of pyridine rings is 1. The van der Waals surface area contributed by atoms with E-state index in [0.29, 0.717) is 10.6 Å². The fraction of sp³-hybridized carbons (Fsp3) is 0.0909. The van der Waals surface area contributed by atoms with Crippen LogP contribution in [0.5, 0.6) is 0 Å². The second kappa shape index (κ2) is 8.46. The van der Waals surface area contributed by atoms with Gasteiger partial charge in [-0.1, -0.05) is 0 Å². The molecule has 1 aromatic heterocycles. The fourth-order valence-corrected chi connectivity index (χ4v) is 3.60. The Labute approximate surface area is 166 Å². The Kier molecular flexibility index (Phi) is 6.05. The number of benzene rings is 2. The third-order valence-corrected chi connectivity index (χ3v) is 5.43. The Balaban J connectivity index is 1.86. The minimum atomic E-state index is -0.0485. The zero-order chi connectivity index (χ0) is 18.5. The Morgan fingerprint density at radius 2 is 1.73 bits per heavy atom. The van der Waals surface area contributed by atoms with E-state index in [2.05, 4.69) is 39.2 Å². The van der Waals surface area contributed by atoms with Gasteiger partial charge in [-0.25, -0.2) is 0 Å². The van der Waals surface area contributed by atoms with Crippen LogP contribution in [0.15, 0.2) is 79.0 Å². The summed E-state index contributed by atoms with van der Waals surface area (Å²) in [6, 6.07) is 21.4. The summed E-state index contributed by atoms with van der Waals surface area (Å²) in [4.78, 5) is 12.3. The van der Waals surface area contributed by atoms with Crippen LogP contribution in [0.3, 0.4) is 0 Å². The molecule has 0 N–H and O–H groups in total. The number of carbonyl (C=O) groups excluding carboxylic acids is 1. The van der Waals surface area contributed by atoms with E-state index in [1.807, 2.05) is 42.6 Å². The summed E-state index contributed by atoms with van der Waals surface area (Å²) in [5, 5.41) is 0.620. The van der Waals surface area contributed by atoms with E-state index in [-0.39, 0.29) is 11.8 Å². The monoisotopic (exact) mass is 427 g/mol. The molecule has 0 saturated heterocycles. The SMILES string of the molecule is CC(c1ccccc1)n1cccc(/C=C/C(=O)c2ccc(Cl)cc2)c1=[Se]. The van der Waals surface area contributed by atoms with E-state index in [1.165, 1.54) is 5.56 Å². The molecule has 1 atom stereocenters. The molecule has 4 heteroatoms. The van der Waals surface area contributed by atoms with Crippen molar-refractivity contribution in [2.24, 2.45) is 0 Å². The van der Waals surface area contributed by atoms with Crippen LogP contribution in [0.1, 0.15) is 34.5 Å². The van der Waals surface area contributed by atoms with E-state index in [1.54, 1.807) is 30.3 Å². The maximum absolute atomic E-state index is 12.3. The van der Waals surface area contributed by atoms with Crippen molar-refractivity contribution in [2.45, 2.75) is 13.0 Å². The van der Waals surface area contributed by atoms with Gasteiger partial charge in [-0.3, -0.25) is 0 Å². The summed E-state index contributed by atoms with van der Waals surface area (Å²) >= 11 is 9.02. The molecule has 0 saturated carbocycles. The second-order valence-electron chi connectivity index (χ2n) is 5.97. The molecule has 0 aliphatic carbocycles. The molecular formula is C22H18ClNOSe. The van der Waals surface area contributed by atoms with Gasteiger partial charge in [0.2, 0.25) is 0 Å². The van der Waals surface area contributed by atoms with Crippen LogP contribution < -0.4 is 0 Å². The van der Waals surface area contributed by atoms with Gasteiger partial charge in [-0.05, 0) is 0 Å². The van der Waals surface area contributed by atoms with Crippen molar-refractivity contribution in [2.75, 3.05) is 0 Å². The topological polar surface area (TPSA) is 22.0 Å². The number of halogens is 1. The van der Waals surface area contributed by atoms with Gasteiger partial charge in [-0.2, -0.15) is 0 Å². The molecule has 130 valence electrons. The predicted molar refractivity (Wildman–Crippen MR) is 109 cm³/mol. The maximum atomic E-state index is 12.3. The molecule has 0 fully saturated rings. The van der Waals surface area contributed by atoms with Crippen LogP contribution in [0.2, 0.25) is 5.02 Å². The van der Waals surface area contributed by atoms with Crippen molar-refractivity contribution in [1.82, 2.24) is 4.57 Å². The molecule has 26 heavy (non-hydrogen) atoms. The third-order valence-electron chi connectivity index (χ3n) is 4.25. The quantitative estimate of drug-likeness (QED) is 0.306. The van der Waals surface area contributed by atoms with Crippen molar-refractivity contribution >= 4 is 39.0 Å². The summed E-state index contributed by atoms with van der Waals surface area (Å²) in [6.07, 6.45) is 5.48. The van der Waals surface area contributed by atoms with Gasteiger partial charge in [-0.15, -0.1) is 0 Å². The van der Waals surface area contributed by atoms with E-state index in [9.17, 15) is 4.79 Å². The first-order valence-corrected chi connectivity index (χ1v) is 9.54. The molecule has 0 spiro atoms. The summed E-state index contributed by atoms with van der Waals surface area (Å²) in [5.41, 5.74) is 2.82. The van der Waals surface area contributed by atoms with Crippen molar-refractivity contribution in [1.29, 1.82) is 0 Å². The van der Waals surface area contributed by atoms with Crippen LogP contribution in [0.25, 0.3) is 6.08 Å². The zero-order valence-corrected chi connectivity index (χ0v) is 16.8. The first-order valence-electron chi connectivity index (χ1n) is 8.30. The molecule has 1 unspecified atom stereocenters. The summed E-state index contributed by atoms with van der Waals surface area (Å²) in [6.45, 7) is 2.16. The predicted octanol–water partition coefficient (Wildman–Crippen LogP) is 5.35. The number of nitrogens with zero attached hydrogens (tertiary/aromatic N) is 1. The van der Waals surface area contributed by atoms with Gasteiger partial charge in [0.25, 0.3) is 0 Å². The van der Waals surface area contributed by atoms with Crippen molar-refractivity contribution < 1.29 is 4.79 Å². The average Bonchev–Trinajstić information content (AvgIpc) is 2.67. The number of ketones is 1. The molecular weight excluding hydrogens is 409 g/mol. The summed E-state index contributed by atoms with van der Waals surface area (Å²) in [7, 11) is 0. The van der Waals surface area contributed by atoms with E-state index in [4.69, 9.17) is 11.6 Å². The van der Waals surface area contributed by atoms with Gasteiger partial charge in [0.1, 0.15) is 0 Å². The second-order valence-corrected chi connectivity index (χ2v) is 7.21. The molecule has 2 aromatic carbocycles. The Hall–Kier alpha value is -2.19. The first-order chi connectivity index (χ1) is 12.6. The Bertz CT molecular complexity index is 991. The molecule has 0 aliphatic heterocycles. The van der Waals surface area contributed by atoms with Crippen LogP contribution in [0, 0.1) is 4.19 Å². The minimum absolute atomic E-state index is 0.0485. The van der Waals surface area contributed by atoms with E-state index < -0.39 is 0 Å². The third kappa shape index (κ3) is 4.31. The van der Waals surface area contributed by atoms with Crippen LogP contribution in [-0.2, 0) is 0 Å².